The Morgan fingerprint density at radius 1 is 0.938 bits per heavy atom. The molecule has 0 aliphatic carbocycles. The van der Waals surface area contributed by atoms with Crippen LogP contribution in [0.15, 0.2) is 66.6 Å². The van der Waals surface area contributed by atoms with Crippen LogP contribution in [-0.4, -0.2) is 43.0 Å². The first-order chi connectivity index (χ1) is 15.8. The van der Waals surface area contributed by atoms with E-state index in [0.717, 1.165) is 70.6 Å². The maximum Gasteiger partial charge on any atom is 0.225 e. The third-order valence-corrected chi connectivity index (χ3v) is 6.82. The quantitative estimate of drug-likeness (QED) is 0.428. The average Bonchev–Trinajstić information content (AvgIpc) is 3.55. The minimum absolute atomic E-state index is 0.425. The van der Waals surface area contributed by atoms with E-state index in [9.17, 15) is 0 Å². The lowest BCUT2D eigenvalue weighted by Gasteiger charge is -2.31. The third-order valence-electron chi connectivity index (χ3n) is 5.94. The maximum atomic E-state index is 4.98. The van der Waals surface area contributed by atoms with Crippen molar-refractivity contribution in [3.63, 3.8) is 0 Å². The molecule has 0 spiro atoms. The van der Waals surface area contributed by atoms with Crippen molar-refractivity contribution in [1.29, 1.82) is 0 Å². The van der Waals surface area contributed by atoms with Gasteiger partial charge in [0.15, 0.2) is 0 Å². The number of nitrogens with zero attached hydrogens (tertiary/aromatic N) is 6. The van der Waals surface area contributed by atoms with Gasteiger partial charge in [0.05, 0.1) is 33.5 Å². The van der Waals surface area contributed by atoms with Gasteiger partial charge in [0.25, 0.3) is 0 Å². The zero-order chi connectivity index (χ0) is 21.3. The Hall–Kier alpha value is -3.65. The molecule has 8 heteroatoms. The highest BCUT2D eigenvalue weighted by atomic mass is 32.1. The van der Waals surface area contributed by atoms with Crippen LogP contribution in [0.25, 0.3) is 32.9 Å². The Morgan fingerprint density at radius 2 is 1.84 bits per heavy atom. The summed E-state index contributed by atoms with van der Waals surface area (Å²) in [5.74, 6) is 2.28. The molecule has 1 fully saturated rings. The van der Waals surface area contributed by atoms with Crippen molar-refractivity contribution >= 4 is 28.3 Å². The molecule has 0 radical (unpaired) electrons. The number of para-hydroxylation sites is 2. The lowest BCUT2D eigenvalue weighted by Crippen LogP contribution is -2.34. The van der Waals surface area contributed by atoms with E-state index in [-0.39, 0.29) is 0 Å². The Labute approximate surface area is 189 Å². The molecule has 158 valence electrons. The van der Waals surface area contributed by atoms with Gasteiger partial charge in [-0.1, -0.05) is 18.2 Å². The van der Waals surface area contributed by atoms with Crippen molar-refractivity contribution in [1.82, 2.24) is 29.9 Å². The van der Waals surface area contributed by atoms with E-state index in [0.29, 0.717) is 5.92 Å². The number of benzene rings is 1. The molecule has 1 aliphatic rings. The molecule has 5 aromatic rings. The number of anilines is 1. The van der Waals surface area contributed by atoms with Crippen molar-refractivity contribution in [2.75, 3.05) is 18.0 Å². The first kappa shape index (κ1) is 19.1. The number of fused-ring (bicyclic) bond motifs is 1. The Balaban J connectivity index is 1.26. The lowest BCUT2D eigenvalue weighted by atomic mass is 9.96. The number of hydrogen-bond donors (Lipinski definition) is 1. The summed E-state index contributed by atoms with van der Waals surface area (Å²) < 4.78 is 0. The van der Waals surface area contributed by atoms with E-state index in [4.69, 9.17) is 15.0 Å². The molecule has 0 saturated carbocycles. The topological polar surface area (TPSA) is 83.5 Å². The molecule has 1 aromatic carbocycles. The molecule has 0 atom stereocenters. The fraction of sp³-hybridized carbons (Fsp3) is 0.208. The van der Waals surface area contributed by atoms with E-state index in [1.165, 1.54) is 0 Å². The number of piperidine rings is 1. The van der Waals surface area contributed by atoms with Crippen LogP contribution in [0.2, 0.25) is 0 Å². The van der Waals surface area contributed by atoms with Crippen molar-refractivity contribution in [3.05, 3.63) is 72.4 Å². The molecule has 1 saturated heterocycles. The molecule has 0 bridgehead atoms. The van der Waals surface area contributed by atoms with Gasteiger partial charge in [-0.05, 0) is 36.4 Å². The predicted octanol–water partition coefficient (Wildman–Crippen LogP) is 4.92. The summed E-state index contributed by atoms with van der Waals surface area (Å²) in [4.78, 5) is 30.1. The molecule has 7 nitrogen and oxygen atoms in total. The average molecular weight is 440 g/mol. The van der Waals surface area contributed by atoms with E-state index >= 15 is 0 Å². The van der Waals surface area contributed by atoms with Gasteiger partial charge in [0, 0.05) is 43.2 Å². The van der Waals surface area contributed by atoms with Crippen molar-refractivity contribution in [2.45, 2.75) is 18.8 Å². The summed E-state index contributed by atoms with van der Waals surface area (Å²) in [6, 6.07) is 12.3. The molecule has 6 rings (SSSR count). The Kier molecular flexibility index (Phi) is 4.84. The molecule has 5 heterocycles. The van der Waals surface area contributed by atoms with Crippen LogP contribution in [0.1, 0.15) is 24.6 Å². The van der Waals surface area contributed by atoms with Crippen molar-refractivity contribution in [3.8, 4) is 21.8 Å². The fourth-order valence-electron chi connectivity index (χ4n) is 4.27. The van der Waals surface area contributed by atoms with E-state index in [1.54, 1.807) is 29.9 Å². The normalized spacial score (nSPS) is 14.8. The first-order valence-corrected chi connectivity index (χ1v) is 11.6. The molecule has 1 N–H and O–H groups in total. The van der Waals surface area contributed by atoms with E-state index in [1.807, 2.05) is 24.4 Å². The maximum absolute atomic E-state index is 4.98. The van der Waals surface area contributed by atoms with Crippen LogP contribution in [0.3, 0.4) is 0 Å². The SMILES string of the molecule is c1csc(-c2nc(N3CCC(c4nc5ccccc5[nH]4)CC3)ncc2-c2cnccn2)c1. The van der Waals surface area contributed by atoms with Crippen LogP contribution < -0.4 is 4.90 Å². The highest BCUT2D eigenvalue weighted by Crippen LogP contribution is 2.34. The zero-order valence-electron chi connectivity index (χ0n) is 17.3. The number of thiophene rings is 1. The van der Waals surface area contributed by atoms with Gasteiger partial charge in [-0.15, -0.1) is 11.3 Å². The molecule has 32 heavy (non-hydrogen) atoms. The van der Waals surface area contributed by atoms with Gasteiger partial charge in [0.1, 0.15) is 5.82 Å². The number of aromatic nitrogens is 6. The number of rotatable bonds is 4. The highest BCUT2D eigenvalue weighted by Gasteiger charge is 2.25. The number of H-pyrrole nitrogens is 1. The van der Waals surface area contributed by atoms with Crippen molar-refractivity contribution < 1.29 is 0 Å². The summed E-state index contributed by atoms with van der Waals surface area (Å²) in [5, 5.41) is 2.07. The standard InChI is InChI=1S/C24H21N7S/c1-2-5-19-18(4-1)28-23(29-19)16-7-11-31(12-8-16)24-27-14-17(20-15-25-9-10-26-20)22(30-24)21-6-3-13-32-21/h1-6,9-10,13-16H,7-8,11-12H2,(H,28,29). The number of aromatic amines is 1. The van der Waals surface area contributed by atoms with Crippen LogP contribution in [0.4, 0.5) is 5.95 Å². The van der Waals surface area contributed by atoms with Gasteiger partial charge >= 0.3 is 0 Å². The van der Waals surface area contributed by atoms with Crippen LogP contribution >= 0.6 is 11.3 Å². The molecular formula is C24H21N7S. The highest BCUT2D eigenvalue weighted by molar-refractivity contribution is 7.13. The second kappa shape index (κ2) is 8.12. The van der Waals surface area contributed by atoms with Crippen LogP contribution in [0, 0.1) is 0 Å². The van der Waals surface area contributed by atoms with E-state index in [2.05, 4.69) is 43.4 Å². The largest absolute Gasteiger partial charge is 0.342 e. The van der Waals surface area contributed by atoms with Gasteiger partial charge in [0.2, 0.25) is 5.95 Å². The van der Waals surface area contributed by atoms with Gasteiger partial charge < -0.3 is 9.88 Å². The molecular weight excluding hydrogens is 418 g/mol. The molecule has 4 aromatic heterocycles. The summed E-state index contributed by atoms with van der Waals surface area (Å²) in [6.07, 6.45) is 9.05. The monoisotopic (exact) mass is 439 g/mol. The number of nitrogens with one attached hydrogen (secondary N) is 1. The lowest BCUT2D eigenvalue weighted by molar-refractivity contribution is 0.484. The molecule has 0 amide bonds. The number of hydrogen-bond acceptors (Lipinski definition) is 7. The fourth-order valence-corrected chi connectivity index (χ4v) is 5.00. The predicted molar refractivity (Wildman–Crippen MR) is 127 cm³/mol. The Bertz CT molecular complexity index is 1310. The van der Waals surface area contributed by atoms with Gasteiger partial charge in [-0.3, -0.25) is 9.97 Å². The smallest absolute Gasteiger partial charge is 0.225 e. The minimum Gasteiger partial charge on any atom is -0.342 e. The second-order valence-corrected chi connectivity index (χ2v) is 8.85. The van der Waals surface area contributed by atoms with Crippen LogP contribution in [-0.2, 0) is 0 Å². The third kappa shape index (κ3) is 3.52. The van der Waals surface area contributed by atoms with E-state index < -0.39 is 0 Å². The second-order valence-electron chi connectivity index (χ2n) is 7.90. The van der Waals surface area contributed by atoms with Crippen molar-refractivity contribution in [2.24, 2.45) is 0 Å². The summed E-state index contributed by atoms with van der Waals surface area (Å²) in [5.41, 5.74) is 4.74. The summed E-state index contributed by atoms with van der Waals surface area (Å²) >= 11 is 1.67. The first-order valence-electron chi connectivity index (χ1n) is 10.7. The number of imidazole rings is 1. The molecule has 1 aliphatic heterocycles. The summed E-state index contributed by atoms with van der Waals surface area (Å²) in [7, 11) is 0. The Morgan fingerprint density at radius 3 is 2.62 bits per heavy atom. The zero-order valence-corrected chi connectivity index (χ0v) is 18.2. The minimum atomic E-state index is 0.425. The summed E-state index contributed by atoms with van der Waals surface area (Å²) in [6.45, 7) is 1.80. The van der Waals surface area contributed by atoms with Crippen LogP contribution in [0.5, 0.6) is 0 Å². The van der Waals surface area contributed by atoms with Gasteiger partial charge in [-0.2, -0.15) is 0 Å². The van der Waals surface area contributed by atoms with Gasteiger partial charge in [-0.25, -0.2) is 15.0 Å². The molecule has 0 unspecified atom stereocenters.